The van der Waals surface area contributed by atoms with Gasteiger partial charge >= 0.3 is 0 Å². The van der Waals surface area contributed by atoms with Crippen molar-refractivity contribution in [1.82, 2.24) is 4.90 Å². The SMILES string of the molecule is COc1ccc(CC(=O)Nc2ccccc2C(=O)N2CCCC2)cc1C. The second kappa shape index (κ2) is 8.04. The van der Waals surface area contributed by atoms with E-state index in [0.29, 0.717) is 11.3 Å². The average Bonchev–Trinajstić information content (AvgIpc) is 3.16. The normalized spacial score (nSPS) is 13.5. The standard InChI is InChI=1S/C21H24N2O3/c1-15-13-16(9-10-19(15)26-2)14-20(24)22-18-8-4-3-7-17(18)21(25)23-11-5-6-12-23/h3-4,7-10,13H,5-6,11-12,14H2,1-2H3,(H,22,24). The molecular formula is C21H24N2O3. The summed E-state index contributed by atoms with van der Waals surface area (Å²) in [6.45, 7) is 3.52. The maximum Gasteiger partial charge on any atom is 0.255 e. The number of nitrogens with zero attached hydrogens (tertiary/aromatic N) is 1. The predicted molar refractivity (Wildman–Crippen MR) is 102 cm³/mol. The fourth-order valence-electron chi connectivity index (χ4n) is 3.30. The van der Waals surface area contributed by atoms with E-state index in [1.165, 1.54) is 0 Å². The summed E-state index contributed by atoms with van der Waals surface area (Å²) >= 11 is 0. The summed E-state index contributed by atoms with van der Waals surface area (Å²) in [5, 5.41) is 2.89. The Morgan fingerprint density at radius 1 is 1.12 bits per heavy atom. The monoisotopic (exact) mass is 352 g/mol. The molecule has 26 heavy (non-hydrogen) atoms. The Labute approximate surface area is 154 Å². The van der Waals surface area contributed by atoms with Crippen LogP contribution in [0.5, 0.6) is 5.75 Å². The summed E-state index contributed by atoms with van der Waals surface area (Å²) in [5.74, 6) is 0.644. The van der Waals surface area contributed by atoms with Crippen LogP contribution in [0.25, 0.3) is 0 Å². The van der Waals surface area contributed by atoms with Crippen LogP contribution in [0.1, 0.15) is 34.3 Å². The van der Waals surface area contributed by atoms with Crippen LogP contribution in [0.4, 0.5) is 5.69 Å². The average molecular weight is 352 g/mol. The number of benzene rings is 2. The summed E-state index contributed by atoms with van der Waals surface area (Å²) in [6, 6.07) is 12.9. The fraction of sp³-hybridized carbons (Fsp3) is 0.333. The van der Waals surface area contributed by atoms with Crippen molar-refractivity contribution in [2.45, 2.75) is 26.2 Å². The molecule has 0 radical (unpaired) electrons. The van der Waals surface area contributed by atoms with Crippen LogP contribution >= 0.6 is 0 Å². The second-order valence-electron chi connectivity index (χ2n) is 6.57. The van der Waals surface area contributed by atoms with Gasteiger partial charge in [0, 0.05) is 13.1 Å². The van der Waals surface area contributed by atoms with Crippen LogP contribution in [-0.2, 0) is 11.2 Å². The van der Waals surface area contributed by atoms with Gasteiger partial charge in [-0.3, -0.25) is 9.59 Å². The molecule has 0 saturated carbocycles. The fourth-order valence-corrected chi connectivity index (χ4v) is 3.30. The van der Waals surface area contributed by atoms with Crippen molar-refractivity contribution in [1.29, 1.82) is 0 Å². The van der Waals surface area contributed by atoms with Crippen LogP contribution in [0, 0.1) is 6.92 Å². The van der Waals surface area contributed by atoms with E-state index >= 15 is 0 Å². The molecule has 1 saturated heterocycles. The molecule has 2 aromatic carbocycles. The minimum atomic E-state index is -0.142. The molecule has 0 aliphatic carbocycles. The highest BCUT2D eigenvalue weighted by molar-refractivity contribution is 6.04. The summed E-state index contributed by atoms with van der Waals surface area (Å²) < 4.78 is 5.25. The molecule has 0 aromatic heterocycles. The van der Waals surface area contributed by atoms with E-state index in [0.717, 1.165) is 42.8 Å². The lowest BCUT2D eigenvalue weighted by molar-refractivity contribution is -0.115. The molecular weight excluding hydrogens is 328 g/mol. The Morgan fingerprint density at radius 2 is 1.85 bits per heavy atom. The lowest BCUT2D eigenvalue weighted by Crippen LogP contribution is -2.29. The first-order valence-corrected chi connectivity index (χ1v) is 8.90. The second-order valence-corrected chi connectivity index (χ2v) is 6.57. The zero-order valence-electron chi connectivity index (χ0n) is 15.2. The molecule has 0 bridgehead atoms. The largest absolute Gasteiger partial charge is 0.496 e. The summed E-state index contributed by atoms with van der Waals surface area (Å²) in [5.41, 5.74) is 3.01. The molecule has 5 nitrogen and oxygen atoms in total. The van der Waals surface area contributed by atoms with Gasteiger partial charge < -0.3 is 15.0 Å². The Morgan fingerprint density at radius 3 is 2.54 bits per heavy atom. The Hall–Kier alpha value is -2.82. The van der Waals surface area contributed by atoms with Gasteiger partial charge in [-0.2, -0.15) is 0 Å². The van der Waals surface area contributed by atoms with Crippen LogP contribution < -0.4 is 10.1 Å². The summed E-state index contributed by atoms with van der Waals surface area (Å²) in [4.78, 5) is 27.0. The van der Waals surface area contributed by atoms with Gasteiger partial charge in [0.25, 0.3) is 5.91 Å². The van der Waals surface area contributed by atoms with Crippen molar-refractivity contribution in [2.75, 3.05) is 25.5 Å². The number of anilines is 1. The molecule has 2 aromatic rings. The maximum atomic E-state index is 12.7. The molecule has 0 unspecified atom stereocenters. The zero-order valence-corrected chi connectivity index (χ0v) is 15.2. The van der Waals surface area contributed by atoms with E-state index in [9.17, 15) is 9.59 Å². The van der Waals surface area contributed by atoms with Crippen molar-refractivity contribution in [3.8, 4) is 5.75 Å². The molecule has 0 atom stereocenters. The van der Waals surface area contributed by atoms with Gasteiger partial charge in [-0.1, -0.05) is 24.3 Å². The number of rotatable bonds is 5. The third kappa shape index (κ3) is 4.04. The minimum Gasteiger partial charge on any atom is -0.496 e. The van der Waals surface area contributed by atoms with Crippen molar-refractivity contribution in [3.05, 3.63) is 59.2 Å². The van der Waals surface area contributed by atoms with Gasteiger partial charge in [-0.05, 0) is 49.1 Å². The van der Waals surface area contributed by atoms with E-state index in [4.69, 9.17) is 4.74 Å². The van der Waals surface area contributed by atoms with E-state index in [-0.39, 0.29) is 18.2 Å². The molecule has 136 valence electrons. The zero-order chi connectivity index (χ0) is 18.5. The van der Waals surface area contributed by atoms with Crippen LogP contribution in [0.2, 0.25) is 0 Å². The maximum absolute atomic E-state index is 12.7. The van der Waals surface area contributed by atoms with Gasteiger partial charge in [0.05, 0.1) is 24.8 Å². The summed E-state index contributed by atoms with van der Waals surface area (Å²) in [7, 11) is 1.63. The molecule has 0 spiro atoms. The molecule has 2 amide bonds. The van der Waals surface area contributed by atoms with Crippen molar-refractivity contribution < 1.29 is 14.3 Å². The predicted octanol–water partition coefficient (Wildman–Crippen LogP) is 3.42. The van der Waals surface area contributed by atoms with E-state index in [1.54, 1.807) is 19.2 Å². The van der Waals surface area contributed by atoms with E-state index in [2.05, 4.69) is 5.32 Å². The van der Waals surface area contributed by atoms with Gasteiger partial charge in [-0.15, -0.1) is 0 Å². The van der Waals surface area contributed by atoms with Gasteiger partial charge in [0.1, 0.15) is 5.75 Å². The van der Waals surface area contributed by atoms with Crippen LogP contribution in [0.15, 0.2) is 42.5 Å². The smallest absolute Gasteiger partial charge is 0.255 e. The highest BCUT2D eigenvalue weighted by Gasteiger charge is 2.22. The number of carbonyl (C=O) groups is 2. The third-order valence-corrected chi connectivity index (χ3v) is 4.65. The first kappa shape index (κ1) is 18.0. The Balaban J connectivity index is 1.71. The van der Waals surface area contributed by atoms with Crippen LogP contribution in [0.3, 0.4) is 0 Å². The number of carbonyl (C=O) groups excluding carboxylic acids is 2. The van der Waals surface area contributed by atoms with Crippen molar-refractivity contribution >= 4 is 17.5 Å². The third-order valence-electron chi connectivity index (χ3n) is 4.65. The first-order chi connectivity index (χ1) is 12.6. The molecule has 1 aliphatic rings. The molecule has 5 heteroatoms. The summed E-state index contributed by atoms with van der Waals surface area (Å²) in [6.07, 6.45) is 2.32. The number of likely N-dealkylation sites (tertiary alicyclic amines) is 1. The Bertz CT molecular complexity index is 811. The molecule has 1 aliphatic heterocycles. The first-order valence-electron chi connectivity index (χ1n) is 8.90. The van der Waals surface area contributed by atoms with Crippen molar-refractivity contribution in [2.24, 2.45) is 0 Å². The van der Waals surface area contributed by atoms with Gasteiger partial charge in [-0.25, -0.2) is 0 Å². The number of aryl methyl sites for hydroxylation is 1. The number of para-hydroxylation sites is 1. The molecule has 1 N–H and O–H groups in total. The molecule has 1 fully saturated rings. The van der Waals surface area contributed by atoms with E-state index < -0.39 is 0 Å². The Kier molecular flexibility index (Phi) is 5.56. The number of ether oxygens (including phenoxy) is 1. The van der Waals surface area contributed by atoms with E-state index in [1.807, 2.05) is 42.2 Å². The number of hydrogen-bond donors (Lipinski definition) is 1. The van der Waals surface area contributed by atoms with Gasteiger partial charge in [0.2, 0.25) is 5.91 Å². The number of methoxy groups -OCH3 is 1. The topological polar surface area (TPSA) is 58.6 Å². The number of amides is 2. The molecule has 1 heterocycles. The van der Waals surface area contributed by atoms with Crippen LogP contribution in [-0.4, -0.2) is 36.9 Å². The lowest BCUT2D eigenvalue weighted by atomic mass is 10.1. The van der Waals surface area contributed by atoms with Crippen molar-refractivity contribution in [3.63, 3.8) is 0 Å². The lowest BCUT2D eigenvalue weighted by Gasteiger charge is -2.18. The minimum absolute atomic E-state index is 0.0151. The number of hydrogen-bond acceptors (Lipinski definition) is 3. The van der Waals surface area contributed by atoms with Gasteiger partial charge in [0.15, 0.2) is 0 Å². The number of nitrogens with one attached hydrogen (secondary N) is 1. The molecule has 3 rings (SSSR count). The highest BCUT2D eigenvalue weighted by atomic mass is 16.5. The highest BCUT2D eigenvalue weighted by Crippen LogP contribution is 2.22. The quantitative estimate of drug-likeness (QED) is 0.897.